The van der Waals surface area contributed by atoms with Crippen LogP contribution in [-0.2, 0) is 0 Å². The Labute approximate surface area is 118 Å². The van der Waals surface area contributed by atoms with Crippen LogP contribution in [0.2, 0.25) is 0 Å². The molecule has 0 radical (unpaired) electrons. The Morgan fingerprint density at radius 1 is 1.40 bits per heavy atom. The molecule has 0 aromatic heterocycles. The number of carboxylic acids is 1. The number of rotatable bonds is 5. The summed E-state index contributed by atoms with van der Waals surface area (Å²) < 4.78 is 0. The number of aromatic hydroxyl groups is 1. The minimum absolute atomic E-state index is 0.0936. The summed E-state index contributed by atoms with van der Waals surface area (Å²) in [5, 5.41) is 20.9. The van der Waals surface area contributed by atoms with E-state index in [1.54, 1.807) is 11.9 Å². The van der Waals surface area contributed by atoms with Gasteiger partial charge in [0.25, 0.3) is 0 Å². The van der Waals surface area contributed by atoms with Crippen molar-refractivity contribution in [2.75, 3.05) is 12.4 Å². The Morgan fingerprint density at radius 2 is 2.05 bits per heavy atom. The van der Waals surface area contributed by atoms with E-state index in [2.05, 4.69) is 5.32 Å². The predicted molar refractivity (Wildman–Crippen MR) is 76.2 cm³/mol. The maximum Gasteiger partial charge on any atom is 0.339 e. The van der Waals surface area contributed by atoms with Crippen LogP contribution in [0.3, 0.4) is 0 Å². The van der Waals surface area contributed by atoms with Gasteiger partial charge in [0, 0.05) is 18.8 Å². The lowest BCUT2D eigenvalue weighted by Gasteiger charge is -2.25. The van der Waals surface area contributed by atoms with Gasteiger partial charge in [-0.1, -0.05) is 13.3 Å². The number of urea groups is 1. The maximum absolute atomic E-state index is 12.0. The molecule has 6 nitrogen and oxygen atoms in total. The Morgan fingerprint density at radius 3 is 2.60 bits per heavy atom. The van der Waals surface area contributed by atoms with Crippen LogP contribution in [-0.4, -0.2) is 40.2 Å². The van der Waals surface area contributed by atoms with Gasteiger partial charge in [-0.25, -0.2) is 9.59 Å². The second kappa shape index (κ2) is 6.79. The molecule has 20 heavy (non-hydrogen) atoms. The number of benzene rings is 1. The molecule has 110 valence electrons. The molecule has 1 aromatic carbocycles. The van der Waals surface area contributed by atoms with Gasteiger partial charge in [-0.15, -0.1) is 0 Å². The van der Waals surface area contributed by atoms with Crippen molar-refractivity contribution >= 4 is 17.7 Å². The van der Waals surface area contributed by atoms with E-state index in [1.807, 2.05) is 13.8 Å². The molecule has 0 aliphatic carbocycles. The van der Waals surface area contributed by atoms with Crippen molar-refractivity contribution in [2.24, 2.45) is 0 Å². The third-order valence-corrected chi connectivity index (χ3v) is 3.17. The SMILES string of the molecule is CCCC(C)N(C)C(=O)Nc1ccc(O)c(C(=O)O)c1. The molecular weight excluding hydrogens is 260 g/mol. The topological polar surface area (TPSA) is 89.9 Å². The van der Waals surface area contributed by atoms with Crippen LogP contribution in [0.5, 0.6) is 5.75 Å². The zero-order valence-corrected chi connectivity index (χ0v) is 11.9. The molecular formula is C14H20N2O4. The summed E-state index contributed by atoms with van der Waals surface area (Å²) in [5.74, 6) is -1.57. The molecule has 0 saturated heterocycles. The van der Waals surface area contributed by atoms with Gasteiger partial charge in [-0.3, -0.25) is 0 Å². The van der Waals surface area contributed by atoms with Crippen LogP contribution in [0.4, 0.5) is 10.5 Å². The van der Waals surface area contributed by atoms with Crippen molar-refractivity contribution in [2.45, 2.75) is 32.7 Å². The molecule has 0 spiro atoms. The molecule has 3 N–H and O–H groups in total. The van der Waals surface area contributed by atoms with E-state index >= 15 is 0 Å². The highest BCUT2D eigenvalue weighted by Crippen LogP contribution is 2.21. The van der Waals surface area contributed by atoms with E-state index in [0.29, 0.717) is 5.69 Å². The van der Waals surface area contributed by atoms with Crippen molar-refractivity contribution in [3.8, 4) is 5.75 Å². The fourth-order valence-corrected chi connectivity index (χ4v) is 1.81. The summed E-state index contributed by atoms with van der Waals surface area (Å²) in [7, 11) is 1.69. The van der Waals surface area contributed by atoms with Crippen molar-refractivity contribution in [1.82, 2.24) is 4.90 Å². The average Bonchev–Trinajstić information content (AvgIpc) is 2.39. The third-order valence-electron chi connectivity index (χ3n) is 3.17. The number of phenols is 1. The minimum atomic E-state index is -1.24. The van der Waals surface area contributed by atoms with Crippen molar-refractivity contribution in [3.05, 3.63) is 23.8 Å². The molecule has 0 saturated carbocycles. The van der Waals surface area contributed by atoms with E-state index in [9.17, 15) is 14.7 Å². The largest absolute Gasteiger partial charge is 0.507 e. The number of carboxylic acid groups (broad SMARTS) is 1. The van der Waals surface area contributed by atoms with Crippen LogP contribution >= 0.6 is 0 Å². The molecule has 1 atom stereocenters. The molecule has 0 bridgehead atoms. The summed E-state index contributed by atoms with van der Waals surface area (Å²) in [6.07, 6.45) is 1.86. The Kier molecular flexibility index (Phi) is 5.37. The lowest BCUT2D eigenvalue weighted by Crippen LogP contribution is -2.38. The van der Waals surface area contributed by atoms with Gasteiger partial charge in [0.1, 0.15) is 11.3 Å². The van der Waals surface area contributed by atoms with Gasteiger partial charge in [0.2, 0.25) is 0 Å². The zero-order valence-electron chi connectivity index (χ0n) is 11.9. The van der Waals surface area contributed by atoms with E-state index in [-0.39, 0.29) is 23.4 Å². The summed E-state index contributed by atoms with van der Waals surface area (Å²) in [6.45, 7) is 3.99. The van der Waals surface area contributed by atoms with Crippen molar-refractivity contribution in [3.63, 3.8) is 0 Å². The Bertz CT molecular complexity index is 502. The van der Waals surface area contributed by atoms with E-state index in [1.165, 1.54) is 18.2 Å². The Balaban J connectivity index is 2.80. The highest BCUT2D eigenvalue weighted by molar-refractivity contribution is 5.95. The quantitative estimate of drug-likeness (QED) is 0.723. The van der Waals surface area contributed by atoms with Crippen molar-refractivity contribution in [1.29, 1.82) is 0 Å². The monoisotopic (exact) mass is 280 g/mol. The van der Waals surface area contributed by atoms with Crippen molar-refractivity contribution < 1.29 is 19.8 Å². The fourth-order valence-electron chi connectivity index (χ4n) is 1.81. The normalized spacial score (nSPS) is 11.8. The first-order valence-electron chi connectivity index (χ1n) is 6.47. The van der Waals surface area contributed by atoms with Gasteiger partial charge in [-0.05, 0) is 31.5 Å². The Hall–Kier alpha value is -2.24. The van der Waals surface area contributed by atoms with Crippen LogP contribution in [0.1, 0.15) is 37.0 Å². The number of hydrogen-bond acceptors (Lipinski definition) is 3. The third kappa shape index (κ3) is 3.88. The van der Waals surface area contributed by atoms with Crippen LogP contribution in [0, 0.1) is 0 Å². The number of aromatic carboxylic acids is 1. The van der Waals surface area contributed by atoms with E-state index in [0.717, 1.165) is 12.8 Å². The molecule has 6 heteroatoms. The second-order valence-electron chi connectivity index (χ2n) is 4.72. The van der Waals surface area contributed by atoms with Gasteiger partial charge in [0.05, 0.1) is 0 Å². The highest BCUT2D eigenvalue weighted by atomic mass is 16.4. The first-order valence-corrected chi connectivity index (χ1v) is 6.47. The highest BCUT2D eigenvalue weighted by Gasteiger charge is 2.16. The smallest absolute Gasteiger partial charge is 0.339 e. The standard InChI is InChI=1S/C14H20N2O4/c1-4-5-9(2)16(3)14(20)15-10-6-7-12(17)11(8-10)13(18)19/h6-9,17H,4-5H2,1-3H3,(H,15,20)(H,18,19). The number of carbonyl (C=O) groups excluding carboxylic acids is 1. The lowest BCUT2D eigenvalue weighted by molar-refractivity contribution is 0.0693. The number of nitrogens with zero attached hydrogens (tertiary/aromatic N) is 1. The number of carbonyl (C=O) groups is 2. The van der Waals surface area contributed by atoms with Gasteiger partial charge in [0.15, 0.2) is 0 Å². The van der Waals surface area contributed by atoms with Gasteiger partial charge >= 0.3 is 12.0 Å². The molecule has 0 heterocycles. The first-order chi connectivity index (χ1) is 9.36. The van der Waals surface area contributed by atoms with Crippen LogP contribution in [0.25, 0.3) is 0 Å². The zero-order chi connectivity index (χ0) is 15.3. The summed E-state index contributed by atoms with van der Waals surface area (Å²) in [6, 6.07) is 3.71. The number of amides is 2. The average molecular weight is 280 g/mol. The van der Waals surface area contributed by atoms with Crippen LogP contribution in [0.15, 0.2) is 18.2 Å². The number of nitrogens with one attached hydrogen (secondary N) is 1. The summed E-state index contributed by atoms with van der Waals surface area (Å²) >= 11 is 0. The maximum atomic E-state index is 12.0. The molecule has 0 fully saturated rings. The van der Waals surface area contributed by atoms with Gasteiger partial charge in [-0.2, -0.15) is 0 Å². The molecule has 0 aliphatic heterocycles. The van der Waals surface area contributed by atoms with E-state index < -0.39 is 5.97 Å². The fraction of sp³-hybridized carbons (Fsp3) is 0.429. The summed E-state index contributed by atoms with van der Waals surface area (Å²) in [4.78, 5) is 24.5. The number of anilines is 1. The van der Waals surface area contributed by atoms with E-state index in [4.69, 9.17) is 5.11 Å². The molecule has 1 aromatic rings. The lowest BCUT2D eigenvalue weighted by atomic mass is 10.1. The second-order valence-corrected chi connectivity index (χ2v) is 4.72. The number of hydrogen-bond donors (Lipinski definition) is 3. The van der Waals surface area contributed by atoms with Crippen LogP contribution < -0.4 is 5.32 Å². The molecule has 0 aliphatic rings. The molecule has 2 amide bonds. The minimum Gasteiger partial charge on any atom is -0.507 e. The molecule has 1 rings (SSSR count). The molecule has 1 unspecified atom stereocenters. The predicted octanol–water partition coefficient (Wildman–Crippen LogP) is 2.74. The summed E-state index contributed by atoms with van der Waals surface area (Å²) in [5.41, 5.74) is 0.0906. The first kappa shape index (κ1) is 15.8. The van der Waals surface area contributed by atoms with Gasteiger partial charge < -0.3 is 20.4 Å².